The minimum atomic E-state index is -0.561. The van der Waals surface area contributed by atoms with E-state index in [1.807, 2.05) is 44.2 Å². The van der Waals surface area contributed by atoms with Crippen LogP contribution in [0.4, 0.5) is 5.69 Å². The standard InChI is InChI=1S/C20H25N5O2.ClH/c1-3-20(4-2,14-21)18(26)22-16-9-7-8-15(12-16)13-25-19(27)24-11-6-5-10-17(24)23-25;/h5-12H,3-4,13-14,21H2,1-2H3,(H,22,26);1H. The van der Waals surface area contributed by atoms with Gasteiger partial charge in [-0.05, 0) is 42.7 Å². The van der Waals surface area contributed by atoms with Crippen molar-refractivity contribution in [3.63, 3.8) is 0 Å². The van der Waals surface area contributed by atoms with Crippen LogP contribution in [-0.4, -0.2) is 26.6 Å². The van der Waals surface area contributed by atoms with Crippen LogP contribution in [0.1, 0.15) is 32.3 Å². The molecule has 0 radical (unpaired) electrons. The van der Waals surface area contributed by atoms with Gasteiger partial charge in [0.15, 0.2) is 5.65 Å². The van der Waals surface area contributed by atoms with Crippen molar-refractivity contribution in [1.82, 2.24) is 14.2 Å². The molecule has 150 valence electrons. The summed E-state index contributed by atoms with van der Waals surface area (Å²) in [6.07, 6.45) is 3.06. The van der Waals surface area contributed by atoms with Gasteiger partial charge in [0.1, 0.15) is 0 Å². The summed E-state index contributed by atoms with van der Waals surface area (Å²) >= 11 is 0. The molecule has 0 aliphatic heterocycles. The molecule has 8 heteroatoms. The fraction of sp³-hybridized carbons (Fsp3) is 0.350. The topological polar surface area (TPSA) is 94.4 Å². The molecule has 0 aliphatic rings. The Kier molecular flexibility index (Phi) is 6.99. The number of halogens is 1. The van der Waals surface area contributed by atoms with Gasteiger partial charge in [-0.2, -0.15) is 0 Å². The molecule has 0 unspecified atom stereocenters. The number of nitrogens with one attached hydrogen (secondary N) is 1. The van der Waals surface area contributed by atoms with Crippen LogP contribution in [0, 0.1) is 5.41 Å². The van der Waals surface area contributed by atoms with E-state index in [0.29, 0.717) is 37.3 Å². The second-order valence-corrected chi connectivity index (χ2v) is 6.72. The van der Waals surface area contributed by atoms with Gasteiger partial charge in [-0.25, -0.2) is 9.48 Å². The van der Waals surface area contributed by atoms with E-state index in [-0.39, 0.29) is 24.0 Å². The maximum Gasteiger partial charge on any atom is 0.350 e. The van der Waals surface area contributed by atoms with Gasteiger partial charge in [-0.3, -0.25) is 9.20 Å². The van der Waals surface area contributed by atoms with Crippen molar-refractivity contribution < 1.29 is 4.79 Å². The number of anilines is 1. The van der Waals surface area contributed by atoms with Crippen LogP contribution in [-0.2, 0) is 11.3 Å². The first-order valence-corrected chi connectivity index (χ1v) is 9.17. The smallest absolute Gasteiger partial charge is 0.329 e. The van der Waals surface area contributed by atoms with E-state index in [9.17, 15) is 9.59 Å². The Labute approximate surface area is 170 Å². The summed E-state index contributed by atoms with van der Waals surface area (Å²) in [5, 5.41) is 7.31. The summed E-state index contributed by atoms with van der Waals surface area (Å²) in [6, 6.07) is 12.9. The van der Waals surface area contributed by atoms with E-state index < -0.39 is 5.41 Å². The Morgan fingerprint density at radius 2 is 1.93 bits per heavy atom. The van der Waals surface area contributed by atoms with Gasteiger partial charge in [0.25, 0.3) is 0 Å². The number of hydrogen-bond acceptors (Lipinski definition) is 4. The Morgan fingerprint density at radius 1 is 1.18 bits per heavy atom. The van der Waals surface area contributed by atoms with Crippen LogP contribution in [0.3, 0.4) is 0 Å². The molecule has 0 saturated heterocycles. The van der Waals surface area contributed by atoms with Gasteiger partial charge in [-0.1, -0.05) is 32.0 Å². The fourth-order valence-electron chi connectivity index (χ4n) is 3.21. The lowest BCUT2D eigenvalue weighted by molar-refractivity contribution is -0.125. The number of carbonyl (C=O) groups is 1. The van der Waals surface area contributed by atoms with E-state index in [1.54, 1.807) is 18.3 Å². The Bertz CT molecular complexity index is 999. The zero-order valence-electron chi connectivity index (χ0n) is 16.1. The van der Waals surface area contributed by atoms with Crippen molar-refractivity contribution >= 4 is 29.6 Å². The van der Waals surface area contributed by atoms with Gasteiger partial charge in [0.2, 0.25) is 5.91 Å². The zero-order chi connectivity index (χ0) is 19.4. The Morgan fingerprint density at radius 3 is 2.57 bits per heavy atom. The molecule has 3 aromatic rings. The molecule has 3 rings (SSSR count). The van der Waals surface area contributed by atoms with Crippen LogP contribution in [0.15, 0.2) is 53.5 Å². The molecule has 0 fully saturated rings. The molecule has 2 aromatic heterocycles. The number of fused-ring (bicyclic) bond motifs is 1. The lowest BCUT2D eigenvalue weighted by atomic mass is 9.81. The first-order valence-electron chi connectivity index (χ1n) is 9.17. The molecule has 0 aliphatic carbocycles. The van der Waals surface area contributed by atoms with Crippen molar-refractivity contribution in [3.8, 4) is 0 Å². The normalized spacial score (nSPS) is 11.2. The molecule has 1 aromatic carbocycles. The lowest BCUT2D eigenvalue weighted by Gasteiger charge is -2.28. The van der Waals surface area contributed by atoms with Crippen molar-refractivity contribution in [2.24, 2.45) is 11.1 Å². The molecule has 0 saturated carbocycles. The maximum atomic E-state index is 12.7. The SMILES string of the molecule is CCC(CC)(CN)C(=O)Nc1cccc(Cn2nc3ccccn3c2=O)c1.Cl. The average molecular weight is 404 g/mol. The molecular weight excluding hydrogens is 378 g/mol. The van der Waals surface area contributed by atoms with Crippen LogP contribution < -0.4 is 16.7 Å². The first kappa shape index (κ1) is 21.7. The van der Waals surface area contributed by atoms with Gasteiger partial charge in [0.05, 0.1) is 12.0 Å². The first-order chi connectivity index (χ1) is 13.0. The average Bonchev–Trinajstić information content (AvgIpc) is 3.00. The number of nitrogens with two attached hydrogens (primary N) is 1. The summed E-state index contributed by atoms with van der Waals surface area (Å²) in [4.78, 5) is 25.1. The highest BCUT2D eigenvalue weighted by atomic mass is 35.5. The van der Waals surface area contributed by atoms with Crippen LogP contribution in [0.25, 0.3) is 5.65 Å². The van der Waals surface area contributed by atoms with Crippen LogP contribution in [0.2, 0.25) is 0 Å². The number of amides is 1. The number of aromatic nitrogens is 3. The highest BCUT2D eigenvalue weighted by molar-refractivity contribution is 5.95. The third-order valence-electron chi connectivity index (χ3n) is 5.23. The highest BCUT2D eigenvalue weighted by Gasteiger charge is 2.33. The van der Waals surface area contributed by atoms with Crippen molar-refractivity contribution in [1.29, 1.82) is 0 Å². The molecule has 2 heterocycles. The van der Waals surface area contributed by atoms with E-state index in [1.165, 1.54) is 9.08 Å². The van der Waals surface area contributed by atoms with E-state index in [4.69, 9.17) is 5.73 Å². The maximum absolute atomic E-state index is 12.7. The van der Waals surface area contributed by atoms with Crippen molar-refractivity contribution in [2.45, 2.75) is 33.2 Å². The summed E-state index contributed by atoms with van der Waals surface area (Å²) in [5.41, 5.74) is 7.27. The molecule has 7 nitrogen and oxygen atoms in total. The molecule has 1 amide bonds. The highest BCUT2D eigenvalue weighted by Crippen LogP contribution is 2.27. The second-order valence-electron chi connectivity index (χ2n) is 6.72. The number of nitrogens with zero attached hydrogens (tertiary/aromatic N) is 3. The van der Waals surface area contributed by atoms with Gasteiger partial charge in [0, 0.05) is 18.4 Å². The lowest BCUT2D eigenvalue weighted by Crippen LogP contribution is -2.41. The molecular formula is C20H26ClN5O2. The summed E-state index contributed by atoms with van der Waals surface area (Å²) < 4.78 is 2.92. The molecule has 28 heavy (non-hydrogen) atoms. The van der Waals surface area contributed by atoms with Gasteiger partial charge < -0.3 is 11.1 Å². The third kappa shape index (κ3) is 4.10. The largest absolute Gasteiger partial charge is 0.350 e. The van der Waals surface area contributed by atoms with E-state index >= 15 is 0 Å². The van der Waals surface area contributed by atoms with Crippen molar-refractivity contribution in [3.05, 3.63) is 64.7 Å². The number of carbonyl (C=O) groups excluding carboxylic acids is 1. The fourth-order valence-corrected chi connectivity index (χ4v) is 3.21. The number of rotatable bonds is 7. The predicted octanol–water partition coefficient (Wildman–Crippen LogP) is 2.67. The van der Waals surface area contributed by atoms with E-state index in [2.05, 4.69) is 10.4 Å². The summed E-state index contributed by atoms with van der Waals surface area (Å²) in [5.74, 6) is -0.0722. The zero-order valence-corrected chi connectivity index (χ0v) is 16.9. The third-order valence-corrected chi connectivity index (χ3v) is 5.23. The number of pyridine rings is 1. The molecule has 0 bridgehead atoms. The predicted molar refractivity (Wildman–Crippen MR) is 113 cm³/mol. The molecule has 3 N–H and O–H groups in total. The van der Waals surface area contributed by atoms with E-state index in [0.717, 1.165) is 5.56 Å². The number of benzene rings is 1. The monoisotopic (exact) mass is 403 g/mol. The van der Waals surface area contributed by atoms with Gasteiger partial charge in [-0.15, -0.1) is 17.5 Å². The molecule has 0 atom stereocenters. The Hall–Kier alpha value is -2.64. The minimum absolute atomic E-state index is 0. The summed E-state index contributed by atoms with van der Waals surface area (Å²) in [6.45, 7) is 4.58. The molecule has 0 spiro atoms. The second kappa shape index (κ2) is 9.03. The van der Waals surface area contributed by atoms with Crippen LogP contribution in [0.5, 0.6) is 0 Å². The van der Waals surface area contributed by atoms with Crippen LogP contribution >= 0.6 is 12.4 Å². The Balaban J connectivity index is 0.00000280. The quantitative estimate of drug-likeness (QED) is 0.634. The summed E-state index contributed by atoms with van der Waals surface area (Å²) in [7, 11) is 0. The van der Waals surface area contributed by atoms with Gasteiger partial charge >= 0.3 is 5.69 Å². The minimum Gasteiger partial charge on any atom is -0.329 e. The number of hydrogen-bond donors (Lipinski definition) is 2. The van der Waals surface area contributed by atoms with Crippen molar-refractivity contribution in [2.75, 3.05) is 11.9 Å².